The lowest BCUT2D eigenvalue weighted by atomic mass is 10.1. The fraction of sp³-hybridized carbons (Fsp3) is 0.400. The minimum Gasteiger partial charge on any atom is -0.374 e. The topological polar surface area (TPSA) is 41.1 Å². The molecule has 2 heterocycles. The summed E-state index contributed by atoms with van der Waals surface area (Å²) in [6, 6.07) is 8.00. The number of hydrogen-bond donors (Lipinski definition) is 2. The Bertz CT molecular complexity index is 534. The smallest absolute Gasteiger partial charge is 0.254 e. The van der Waals surface area contributed by atoms with Gasteiger partial charge in [0.05, 0.1) is 5.56 Å². The molecule has 3 rings (SSSR count). The molecule has 2 N–H and O–H groups in total. The van der Waals surface area contributed by atoms with Gasteiger partial charge in [-0.25, -0.2) is 0 Å². The number of nitrogens with one attached hydrogen (secondary N) is 2. The van der Waals surface area contributed by atoms with E-state index in [1.807, 2.05) is 52.0 Å². The fourth-order valence-electron chi connectivity index (χ4n) is 1.84. The monoisotopic (exact) mass is 278 g/mol. The summed E-state index contributed by atoms with van der Waals surface area (Å²) in [6.07, 6.45) is 0. The molecule has 1 aromatic carbocycles. The normalized spacial score (nSPS) is 12.7. The molecule has 1 aromatic heterocycles. The van der Waals surface area contributed by atoms with Gasteiger partial charge in [0.1, 0.15) is 5.00 Å². The van der Waals surface area contributed by atoms with Gasteiger partial charge in [0.25, 0.3) is 5.91 Å². The highest BCUT2D eigenvalue weighted by Crippen LogP contribution is 2.35. The van der Waals surface area contributed by atoms with E-state index in [1.165, 1.54) is 0 Å². The number of thiophene rings is 1. The molecule has 0 aliphatic carbocycles. The quantitative estimate of drug-likeness (QED) is 0.761. The Hall–Kier alpha value is -1.55. The third kappa shape index (κ3) is 3.26. The summed E-state index contributed by atoms with van der Waals surface area (Å²) in [4.78, 5) is 11.8. The molecule has 0 saturated heterocycles. The molecular formula is C15H22N2OS. The Balaban J connectivity index is 0.000000415. The van der Waals surface area contributed by atoms with Gasteiger partial charge in [0, 0.05) is 23.2 Å². The molecule has 1 amide bonds. The van der Waals surface area contributed by atoms with Crippen molar-refractivity contribution in [3.05, 3.63) is 29.8 Å². The maximum absolute atomic E-state index is 11.8. The lowest BCUT2D eigenvalue weighted by molar-refractivity contribution is 0.0960. The molecule has 0 spiro atoms. The highest BCUT2D eigenvalue weighted by molar-refractivity contribution is 7.23. The lowest BCUT2D eigenvalue weighted by Crippen LogP contribution is -2.24. The zero-order valence-electron chi connectivity index (χ0n) is 12.0. The largest absolute Gasteiger partial charge is 0.374 e. The number of carbonyl (C=O) groups excluding carboxylic acids is 1. The molecule has 1 aliphatic heterocycles. The average Bonchev–Trinajstić information content (AvgIpc) is 2.76. The molecule has 3 nitrogen and oxygen atoms in total. The van der Waals surface area contributed by atoms with Crippen LogP contribution in [0.1, 0.15) is 38.1 Å². The number of carbonyl (C=O) groups is 1. The minimum absolute atomic E-state index is 0.0347. The molecule has 2 aromatic rings. The van der Waals surface area contributed by atoms with Crippen molar-refractivity contribution in [1.29, 1.82) is 0 Å². The number of anilines is 1. The molecule has 1 aliphatic rings. The van der Waals surface area contributed by atoms with Gasteiger partial charge in [-0.1, -0.05) is 45.9 Å². The summed E-state index contributed by atoms with van der Waals surface area (Å²) < 4.78 is 1.16. The molecule has 0 unspecified atom stereocenters. The third-order valence-corrected chi connectivity index (χ3v) is 3.65. The van der Waals surface area contributed by atoms with E-state index in [-0.39, 0.29) is 5.91 Å². The van der Waals surface area contributed by atoms with E-state index in [0.29, 0.717) is 6.54 Å². The second kappa shape index (κ2) is 7.79. The van der Waals surface area contributed by atoms with Crippen molar-refractivity contribution in [2.24, 2.45) is 0 Å². The van der Waals surface area contributed by atoms with Gasteiger partial charge < -0.3 is 10.6 Å². The van der Waals surface area contributed by atoms with E-state index in [4.69, 9.17) is 0 Å². The van der Waals surface area contributed by atoms with Gasteiger partial charge in [-0.2, -0.15) is 0 Å². The van der Waals surface area contributed by atoms with E-state index in [9.17, 15) is 4.79 Å². The molecule has 0 radical (unpaired) electrons. The molecule has 4 heteroatoms. The minimum atomic E-state index is 0.0347. The Morgan fingerprint density at radius 1 is 1.00 bits per heavy atom. The Kier molecular flexibility index (Phi) is 6.36. The van der Waals surface area contributed by atoms with Crippen LogP contribution in [0.5, 0.6) is 0 Å². The van der Waals surface area contributed by atoms with E-state index >= 15 is 0 Å². The molecular weight excluding hydrogens is 256 g/mol. The maximum atomic E-state index is 11.8. The van der Waals surface area contributed by atoms with E-state index in [0.717, 1.165) is 27.2 Å². The number of fused-ring (bicyclic) bond motifs is 3. The average molecular weight is 278 g/mol. The number of amides is 1. The number of rotatable bonds is 0. The van der Waals surface area contributed by atoms with Gasteiger partial charge in [0.15, 0.2) is 0 Å². The first kappa shape index (κ1) is 15.5. The van der Waals surface area contributed by atoms with Crippen LogP contribution in [-0.4, -0.2) is 19.0 Å². The molecule has 0 fully saturated rings. The van der Waals surface area contributed by atoms with Crippen molar-refractivity contribution in [3.8, 4) is 0 Å². The SMILES string of the molecule is CC.CC.O=C1NCCNc2sc3ccccc3c21. The summed E-state index contributed by atoms with van der Waals surface area (Å²) in [7, 11) is 0. The molecule has 19 heavy (non-hydrogen) atoms. The summed E-state index contributed by atoms with van der Waals surface area (Å²) in [5, 5.41) is 8.20. The maximum Gasteiger partial charge on any atom is 0.254 e. The van der Waals surface area contributed by atoms with Crippen LogP contribution in [0.4, 0.5) is 5.00 Å². The van der Waals surface area contributed by atoms with Gasteiger partial charge >= 0.3 is 0 Å². The molecule has 0 bridgehead atoms. The standard InChI is InChI=1S/C11H10N2OS.2C2H6/c14-10-9-7-3-1-2-4-8(7)15-11(9)13-6-5-12-10;2*1-2/h1-4,13H,5-6H2,(H,12,14);2*1-2H3. The Morgan fingerprint density at radius 2 is 1.63 bits per heavy atom. The van der Waals surface area contributed by atoms with E-state index < -0.39 is 0 Å². The molecule has 0 saturated carbocycles. The van der Waals surface area contributed by atoms with Gasteiger partial charge in [-0.3, -0.25) is 4.79 Å². The van der Waals surface area contributed by atoms with Crippen LogP contribution in [-0.2, 0) is 0 Å². The van der Waals surface area contributed by atoms with Gasteiger partial charge in [-0.05, 0) is 6.07 Å². The number of hydrogen-bond acceptors (Lipinski definition) is 3. The zero-order chi connectivity index (χ0) is 14.3. The van der Waals surface area contributed by atoms with Crippen molar-refractivity contribution < 1.29 is 4.79 Å². The summed E-state index contributed by atoms with van der Waals surface area (Å²) in [6.45, 7) is 9.49. The van der Waals surface area contributed by atoms with E-state index in [2.05, 4.69) is 10.6 Å². The zero-order valence-corrected chi connectivity index (χ0v) is 12.9. The highest BCUT2D eigenvalue weighted by atomic mass is 32.1. The lowest BCUT2D eigenvalue weighted by Gasteiger charge is -1.98. The first-order valence-corrected chi connectivity index (χ1v) is 7.71. The Morgan fingerprint density at radius 3 is 2.37 bits per heavy atom. The van der Waals surface area contributed by atoms with Crippen LogP contribution in [0.3, 0.4) is 0 Å². The third-order valence-electron chi connectivity index (χ3n) is 2.52. The summed E-state index contributed by atoms with van der Waals surface area (Å²) >= 11 is 1.64. The second-order valence-electron chi connectivity index (χ2n) is 3.49. The van der Waals surface area contributed by atoms with Crippen molar-refractivity contribution in [1.82, 2.24) is 5.32 Å². The van der Waals surface area contributed by atoms with Gasteiger partial charge in [-0.15, -0.1) is 11.3 Å². The van der Waals surface area contributed by atoms with Crippen LogP contribution >= 0.6 is 11.3 Å². The first-order chi connectivity index (χ1) is 9.36. The predicted octanol–water partition coefficient (Wildman–Crippen LogP) is 4.11. The summed E-state index contributed by atoms with van der Waals surface area (Å²) in [5.74, 6) is 0.0347. The predicted molar refractivity (Wildman–Crippen MR) is 85.3 cm³/mol. The van der Waals surface area contributed by atoms with Crippen LogP contribution in [0.25, 0.3) is 10.1 Å². The fourth-order valence-corrected chi connectivity index (χ4v) is 2.96. The van der Waals surface area contributed by atoms with Crippen molar-refractivity contribution in [2.45, 2.75) is 27.7 Å². The van der Waals surface area contributed by atoms with Crippen molar-refractivity contribution >= 4 is 32.3 Å². The molecule has 104 valence electrons. The second-order valence-corrected chi connectivity index (χ2v) is 4.54. The first-order valence-electron chi connectivity index (χ1n) is 6.90. The molecule has 0 atom stereocenters. The highest BCUT2D eigenvalue weighted by Gasteiger charge is 2.20. The van der Waals surface area contributed by atoms with Crippen molar-refractivity contribution in [2.75, 3.05) is 18.4 Å². The van der Waals surface area contributed by atoms with E-state index in [1.54, 1.807) is 11.3 Å². The van der Waals surface area contributed by atoms with Crippen LogP contribution in [0.2, 0.25) is 0 Å². The number of benzene rings is 1. The van der Waals surface area contributed by atoms with Crippen LogP contribution in [0, 0.1) is 0 Å². The van der Waals surface area contributed by atoms with Crippen molar-refractivity contribution in [3.63, 3.8) is 0 Å². The van der Waals surface area contributed by atoms with Crippen LogP contribution < -0.4 is 10.6 Å². The Labute approximate surface area is 119 Å². The summed E-state index contributed by atoms with van der Waals surface area (Å²) in [5.41, 5.74) is 0.799. The van der Waals surface area contributed by atoms with Crippen LogP contribution in [0.15, 0.2) is 24.3 Å². The van der Waals surface area contributed by atoms with Gasteiger partial charge in [0.2, 0.25) is 0 Å².